The molecule has 6 nitrogen and oxygen atoms in total. The van der Waals surface area contributed by atoms with Crippen molar-refractivity contribution in [2.24, 2.45) is 0 Å². The molecule has 0 aliphatic heterocycles. The minimum Gasteiger partial charge on any atom is -0.333 e. The summed E-state index contributed by atoms with van der Waals surface area (Å²) in [6.45, 7) is 0. The van der Waals surface area contributed by atoms with Crippen LogP contribution in [0.1, 0.15) is 0 Å². The Labute approximate surface area is 150 Å². The van der Waals surface area contributed by atoms with Gasteiger partial charge in [-0.15, -0.1) is 11.3 Å². The Hall–Kier alpha value is -3.39. The Kier molecular flexibility index (Phi) is 3.36. The van der Waals surface area contributed by atoms with Crippen molar-refractivity contribution < 1.29 is 8.91 Å². The Morgan fingerprint density at radius 2 is 1.96 bits per heavy atom. The molecule has 0 N–H and O–H groups in total. The van der Waals surface area contributed by atoms with Crippen LogP contribution in [0.3, 0.4) is 0 Å². The SMILES string of the molecule is Fc1ccc(-c2noc(-c3cnn4c(-c5cccs5)ccnc34)n2)cc1. The fourth-order valence-electron chi connectivity index (χ4n) is 2.70. The first-order valence-corrected chi connectivity index (χ1v) is 8.64. The molecule has 5 aromatic rings. The number of nitrogens with zero attached hydrogens (tertiary/aromatic N) is 5. The molecule has 0 bridgehead atoms. The predicted octanol–water partition coefficient (Wildman–Crippen LogP) is 4.31. The second-order valence-corrected chi connectivity index (χ2v) is 6.48. The molecule has 0 unspecified atom stereocenters. The third-order valence-electron chi connectivity index (χ3n) is 3.93. The van der Waals surface area contributed by atoms with E-state index in [2.05, 4.69) is 20.2 Å². The maximum Gasteiger partial charge on any atom is 0.263 e. The van der Waals surface area contributed by atoms with Gasteiger partial charge in [-0.25, -0.2) is 13.9 Å². The van der Waals surface area contributed by atoms with Crippen LogP contribution < -0.4 is 0 Å². The van der Waals surface area contributed by atoms with Crippen LogP contribution in [0.15, 0.2) is 64.8 Å². The summed E-state index contributed by atoms with van der Waals surface area (Å²) >= 11 is 1.63. The fourth-order valence-corrected chi connectivity index (χ4v) is 3.44. The molecule has 1 aromatic carbocycles. The first-order valence-electron chi connectivity index (χ1n) is 7.76. The number of halogens is 1. The van der Waals surface area contributed by atoms with Crippen LogP contribution in [0.5, 0.6) is 0 Å². The molecule has 0 radical (unpaired) electrons. The third-order valence-corrected chi connectivity index (χ3v) is 4.83. The highest BCUT2D eigenvalue weighted by Gasteiger charge is 2.18. The number of hydrogen-bond donors (Lipinski definition) is 0. The Bertz CT molecular complexity index is 1190. The van der Waals surface area contributed by atoms with Gasteiger partial charge in [0, 0.05) is 11.8 Å². The van der Waals surface area contributed by atoms with E-state index in [1.165, 1.54) is 12.1 Å². The number of rotatable bonds is 3. The van der Waals surface area contributed by atoms with Crippen molar-refractivity contribution in [2.75, 3.05) is 0 Å². The van der Waals surface area contributed by atoms with Gasteiger partial charge in [0.25, 0.3) is 5.89 Å². The monoisotopic (exact) mass is 363 g/mol. The van der Waals surface area contributed by atoms with Gasteiger partial charge in [-0.3, -0.25) is 0 Å². The average Bonchev–Trinajstić information content (AvgIpc) is 3.41. The summed E-state index contributed by atoms with van der Waals surface area (Å²) in [5.74, 6) is 0.384. The van der Waals surface area contributed by atoms with Crippen molar-refractivity contribution in [3.63, 3.8) is 0 Å². The maximum absolute atomic E-state index is 13.1. The van der Waals surface area contributed by atoms with E-state index < -0.39 is 0 Å². The van der Waals surface area contributed by atoms with Crippen molar-refractivity contribution in [1.82, 2.24) is 24.7 Å². The predicted molar refractivity (Wildman–Crippen MR) is 95.0 cm³/mol. The summed E-state index contributed by atoms with van der Waals surface area (Å²) in [5.41, 5.74) is 2.88. The van der Waals surface area contributed by atoms with Crippen LogP contribution in [0.25, 0.3) is 39.1 Å². The molecular weight excluding hydrogens is 353 g/mol. The van der Waals surface area contributed by atoms with Gasteiger partial charge in [0.2, 0.25) is 5.82 Å². The van der Waals surface area contributed by atoms with Crippen molar-refractivity contribution in [1.29, 1.82) is 0 Å². The number of thiophene rings is 1. The molecule has 0 saturated heterocycles. The number of fused-ring (bicyclic) bond motifs is 1. The Balaban J connectivity index is 1.60. The Morgan fingerprint density at radius 3 is 2.77 bits per heavy atom. The normalized spacial score (nSPS) is 11.3. The Morgan fingerprint density at radius 1 is 1.08 bits per heavy atom. The van der Waals surface area contributed by atoms with E-state index in [-0.39, 0.29) is 5.82 Å². The lowest BCUT2D eigenvalue weighted by Crippen LogP contribution is -1.94. The van der Waals surface area contributed by atoms with Crippen LogP contribution in [0, 0.1) is 5.82 Å². The van der Waals surface area contributed by atoms with Gasteiger partial charge in [-0.05, 0) is 41.8 Å². The van der Waals surface area contributed by atoms with E-state index in [9.17, 15) is 4.39 Å². The van der Waals surface area contributed by atoms with Gasteiger partial charge in [0.1, 0.15) is 11.4 Å². The summed E-state index contributed by atoms with van der Waals surface area (Å²) < 4.78 is 20.2. The zero-order chi connectivity index (χ0) is 17.5. The highest BCUT2D eigenvalue weighted by Crippen LogP contribution is 2.29. The third kappa shape index (κ3) is 2.39. The van der Waals surface area contributed by atoms with Gasteiger partial charge < -0.3 is 4.52 Å². The zero-order valence-corrected chi connectivity index (χ0v) is 14.0. The molecule has 0 aliphatic rings. The topological polar surface area (TPSA) is 69.1 Å². The molecule has 0 aliphatic carbocycles. The molecule has 8 heteroatoms. The van der Waals surface area contributed by atoms with Crippen LogP contribution in [-0.4, -0.2) is 24.7 Å². The summed E-state index contributed by atoms with van der Waals surface area (Å²) in [6.07, 6.45) is 3.38. The lowest BCUT2D eigenvalue weighted by molar-refractivity contribution is 0.432. The zero-order valence-electron chi connectivity index (χ0n) is 13.2. The number of hydrogen-bond acceptors (Lipinski definition) is 6. The molecule has 0 amide bonds. The average molecular weight is 363 g/mol. The lowest BCUT2D eigenvalue weighted by Gasteiger charge is -2.01. The standard InChI is InChI=1S/C18H10FN5OS/c19-12-5-3-11(4-6-12)16-22-18(25-23-16)13-10-21-24-14(7-8-20-17(13)24)15-2-1-9-26-15/h1-10H. The second kappa shape index (κ2) is 5.85. The lowest BCUT2D eigenvalue weighted by atomic mass is 10.2. The van der Waals surface area contributed by atoms with Crippen molar-refractivity contribution in [3.8, 4) is 33.4 Å². The van der Waals surface area contributed by atoms with E-state index in [0.717, 1.165) is 10.6 Å². The van der Waals surface area contributed by atoms with Crippen molar-refractivity contribution in [3.05, 3.63) is 66.1 Å². The van der Waals surface area contributed by atoms with Gasteiger partial charge in [-0.2, -0.15) is 10.1 Å². The first kappa shape index (κ1) is 14.9. The molecule has 26 heavy (non-hydrogen) atoms. The summed E-state index contributed by atoms with van der Waals surface area (Å²) in [6, 6.07) is 11.8. The second-order valence-electron chi connectivity index (χ2n) is 5.53. The number of benzene rings is 1. The maximum atomic E-state index is 13.1. The fraction of sp³-hybridized carbons (Fsp3) is 0. The molecule has 126 valence electrons. The van der Waals surface area contributed by atoms with E-state index in [1.54, 1.807) is 40.4 Å². The van der Waals surface area contributed by atoms with Gasteiger partial charge >= 0.3 is 0 Å². The van der Waals surface area contributed by atoms with Crippen LogP contribution in [0.2, 0.25) is 0 Å². The molecule has 0 spiro atoms. The smallest absolute Gasteiger partial charge is 0.263 e. The van der Waals surface area contributed by atoms with Crippen molar-refractivity contribution in [2.45, 2.75) is 0 Å². The largest absolute Gasteiger partial charge is 0.333 e. The molecule has 4 aromatic heterocycles. The van der Waals surface area contributed by atoms with E-state index in [1.807, 2.05) is 23.6 Å². The van der Waals surface area contributed by atoms with E-state index in [0.29, 0.717) is 28.5 Å². The van der Waals surface area contributed by atoms with Gasteiger partial charge in [0.15, 0.2) is 5.65 Å². The molecule has 0 atom stereocenters. The van der Waals surface area contributed by atoms with E-state index in [4.69, 9.17) is 4.52 Å². The van der Waals surface area contributed by atoms with Gasteiger partial charge in [-0.1, -0.05) is 11.2 Å². The highest BCUT2D eigenvalue weighted by atomic mass is 32.1. The minimum absolute atomic E-state index is 0.314. The van der Waals surface area contributed by atoms with E-state index >= 15 is 0 Å². The minimum atomic E-state index is -0.314. The number of aromatic nitrogens is 5. The molecule has 4 heterocycles. The van der Waals surface area contributed by atoms with Crippen molar-refractivity contribution >= 4 is 17.0 Å². The molecule has 5 rings (SSSR count). The summed E-state index contributed by atoms with van der Waals surface area (Å²) in [7, 11) is 0. The highest BCUT2D eigenvalue weighted by molar-refractivity contribution is 7.13. The van der Waals surface area contributed by atoms with Gasteiger partial charge in [0.05, 0.1) is 16.8 Å². The molecular formula is C18H10FN5OS. The van der Waals surface area contributed by atoms with Crippen LogP contribution in [-0.2, 0) is 0 Å². The first-order chi connectivity index (χ1) is 12.8. The summed E-state index contributed by atoms with van der Waals surface area (Å²) in [4.78, 5) is 9.90. The quantitative estimate of drug-likeness (QED) is 0.478. The molecule has 0 saturated carbocycles. The van der Waals surface area contributed by atoms with Crippen LogP contribution in [0.4, 0.5) is 4.39 Å². The summed E-state index contributed by atoms with van der Waals surface area (Å²) in [5, 5.41) is 10.4. The van der Waals surface area contributed by atoms with Crippen LogP contribution >= 0.6 is 11.3 Å². The molecule has 0 fully saturated rings.